The molecule has 0 heterocycles. The van der Waals surface area contributed by atoms with E-state index >= 15 is 0 Å². The van der Waals surface area contributed by atoms with Gasteiger partial charge in [0.05, 0.1) is 6.10 Å². The SMILES string of the molecule is Cc1cc(C)c(N)c(C(O)C(O)CCNC(=O)OC(C)(C)C)c1. The van der Waals surface area contributed by atoms with E-state index in [0.717, 1.165) is 11.1 Å². The molecule has 1 amide bonds. The number of hydrogen-bond acceptors (Lipinski definition) is 5. The van der Waals surface area contributed by atoms with Crippen molar-refractivity contribution in [2.24, 2.45) is 0 Å². The summed E-state index contributed by atoms with van der Waals surface area (Å²) >= 11 is 0. The van der Waals surface area contributed by atoms with Gasteiger partial charge in [-0.3, -0.25) is 0 Å². The van der Waals surface area contributed by atoms with Crippen molar-refractivity contribution in [1.82, 2.24) is 5.32 Å². The van der Waals surface area contributed by atoms with Gasteiger partial charge < -0.3 is 26.0 Å². The number of hydrogen-bond donors (Lipinski definition) is 4. The third-order valence-electron chi connectivity index (χ3n) is 3.35. The highest BCUT2D eigenvalue weighted by Gasteiger charge is 2.22. The standard InChI is InChI=1S/C17H28N2O4/c1-10-8-11(2)14(18)12(9-10)15(21)13(20)6-7-19-16(22)23-17(3,4)5/h8-9,13,15,20-21H,6-7,18H2,1-5H3,(H,19,22). The van der Waals surface area contributed by atoms with E-state index in [1.807, 2.05) is 19.9 Å². The molecule has 6 nitrogen and oxygen atoms in total. The van der Waals surface area contributed by atoms with E-state index in [-0.39, 0.29) is 13.0 Å². The molecule has 0 saturated heterocycles. The number of nitrogens with two attached hydrogens (primary N) is 1. The van der Waals surface area contributed by atoms with Crippen molar-refractivity contribution in [3.8, 4) is 0 Å². The van der Waals surface area contributed by atoms with E-state index < -0.39 is 23.9 Å². The highest BCUT2D eigenvalue weighted by atomic mass is 16.6. The molecule has 0 saturated carbocycles. The summed E-state index contributed by atoms with van der Waals surface area (Å²) in [5.74, 6) is 0. The number of aliphatic hydroxyl groups is 2. The minimum absolute atomic E-state index is 0.187. The van der Waals surface area contributed by atoms with Crippen LogP contribution in [0.4, 0.5) is 10.5 Å². The Labute approximate surface area is 137 Å². The molecule has 6 heteroatoms. The maximum atomic E-state index is 11.5. The molecule has 5 N–H and O–H groups in total. The molecule has 1 aromatic carbocycles. The van der Waals surface area contributed by atoms with Gasteiger partial charge in [-0.2, -0.15) is 0 Å². The van der Waals surface area contributed by atoms with Crippen molar-refractivity contribution in [2.45, 2.75) is 58.8 Å². The van der Waals surface area contributed by atoms with Gasteiger partial charge in [-0.15, -0.1) is 0 Å². The van der Waals surface area contributed by atoms with E-state index in [2.05, 4.69) is 5.32 Å². The van der Waals surface area contributed by atoms with Gasteiger partial charge in [-0.05, 0) is 46.6 Å². The van der Waals surface area contributed by atoms with Gasteiger partial charge in [0.25, 0.3) is 0 Å². The van der Waals surface area contributed by atoms with E-state index in [0.29, 0.717) is 11.3 Å². The number of nitrogen functional groups attached to an aromatic ring is 1. The average Bonchev–Trinajstić information content (AvgIpc) is 2.39. The lowest BCUT2D eigenvalue weighted by Gasteiger charge is -2.22. The maximum absolute atomic E-state index is 11.5. The topological polar surface area (TPSA) is 105 Å². The molecule has 23 heavy (non-hydrogen) atoms. The van der Waals surface area contributed by atoms with Crippen molar-refractivity contribution in [2.75, 3.05) is 12.3 Å². The number of carbonyl (C=O) groups excluding carboxylic acids is 1. The van der Waals surface area contributed by atoms with Crippen LogP contribution in [0.3, 0.4) is 0 Å². The number of nitrogens with one attached hydrogen (secondary N) is 1. The number of ether oxygens (including phenoxy) is 1. The second-order valence-electron chi connectivity index (χ2n) is 6.81. The summed E-state index contributed by atoms with van der Waals surface area (Å²) in [5.41, 5.74) is 8.21. The molecule has 2 unspecified atom stereocenters. The summed E-state index contributed by atoms with van der Waals surface area (Å²) in [5, 5.41) is 23.0. The van der Waals surface area contributed by atoms with Crippen LogP contribution < -0.4 is 11.1 Å². The van der Waals surface area contributed by atoms with Crippen LogP contribution in [0.1, 0.15) is 50.0 Å². The summed E-state index contributed by atoms with van der Waals surface area (Å²) in [6, 6.07) is 3.68. The fourth-order valence-corrected chi connectivity index (χ4v) is 2.26. The van der Waals surface area contributed by atoms with E-state index in [4.69, 9.17) is 10.5 Å². The van der Waals surface area contributed by atoms with Gasteiger partial charge in [0.2, 0.25) is 0 Å². The molecular weight excluding hydrogens is 296 g/mol. The summed E-state index contributed by atoms with van der Waals surface area (Å²) < 4.78 is 5.10. The zero-order valence-electron chi connectivity index (χ0n) is 14.5. The number of alkyl carbamates (subject to hydrolysis) is 1. The maximum Gasteiger partial charge on any atom is 0.407 e. The van der Waals surface area contributed by atoms with Gasteiger partial charge in [-0.25, -0.2) is 4.79 Å². The lowest BCUT2D eigenvalue weighted by Crippen LogP contribution is -2.34. The summed E-state index contributed by atoms with van der Waals surface area (Å²) in [6.07, 6.45) is -2.50. The van der Waals surface area contributed by atoms with Crippen molar-refractivity contribution in [1.29, 1.82) is 0 Å². The Hall–Kier alpha value is -1.79. The van der Waals surface area contributed by atoms with Crippen molar-refractivity contribution in [3.05, 3.63) is 28.8 Å². The molecule has 2 atom stereocenters. The third-order valence-corrected chi connectivity index (χ3v) is 3.35. The summed E-state index contributed by atoms with van der Waals surface area (Å²) in [7, 11) is 0. The number of rotatable bonds is 5. The van der Waals surface area contributed by atoms with Crippen molar-refractivity contribution < 1.29 is 19.7 Å². The number of amides is 1. The first kappa shape index (κ1) is 19.3. The van der Waals surface area contributed by atoms with Gasteiger partial charge in [0.15, 0.2) is 0 Å². The molecule has 0 fully saturated rings. The second-order valence-corrected chi connectivity index (χ2v) is 6.81. The molecule has 0 aromatic heterocycles. The molecule has 0 aliphatic heterocycles. The Morgan fingerprint density at radius 1 is 1.30 bits per heavy atom. The first-order valence-corrected chi connectivity index (χ1v) is 7.71. The molecule has 1 aromatic rings. The van der Waals surface area contributed by atoms with Crippen molar-refractivity contribution in [3.63, 3.8) is 0 Å². The molecule has 1 rings (SSSR count). The minimum Gasteiger partial charge on any atom is -0.444 e. The van der Waals surface area contributed by atoms with Crippen LogP contribution in [-0.2, 0) is 4.74 Å². The highest BCUT2D eigenvalue weighted by molar-refractivity contribution is 5.67. The smallest absolute Gasteiger partial charge is 0.407 e. The van der Waals surface area contributed by atoms with Crippen LogP contribution in [0, 0.1) is 13.8 Å². The first-order chi connectivity index (χ1) is 10.5. The Kier molecular flexibility index (Phi) is 6.41. The molecule has 0 aliphatic carbocycles. The Bertz CT molecular complexity index is 552. The van der Waals surface area contributed by atoms with E-state index in [9.17, 15) is 15.0 Å². The van der Waals surface area contributed by atoms with Gasteiger partial charge >= 0.3 is 6.09 Å². The number of aliphatic hydroxyl groups excluding tert-OH is 2. The first-order valence-electron chi connectivity index (χ1n) is 7.71. The molecule has 130 valence electrons. The van der Waals surface area contributed by atoms with Crippen LogP contribution in [0.15, 0.2) is 12.1 Å². The van der Waals surface area contributed by atoms with Crippen LogP contribution in [0.5, 0.6) is 0 Å². The van der Waals surface area contributed by atoms with E-state index in [1.165, 1.54) is 0 Å². The monoisotopic (exact) mass is 324 g/mol. The van der Waals surface area contributed by atoms with Crippen LogP contribution in [0.25, 0.3) is 0 Å². The van der Waals surface area contributed by atoms with E-state index in [1.54, 1.807) is 26.8 Å². The van der Waals surface area contributed by atoms with Crippen LogP contribution in [-0.4, -0.2) is 34.6 Å². The predicted molar refractivity (Wildman–Crippen MR) is 90.1 cm³/mol. The second kappa shape index (κ2) is 7.66. The largest absolute Gasteiger partial charge is 0.444 e. The van der Waals surface area contributed by atoms with Crippen LogP contribution >= 0.6 is 0 Å². The number of aryl methyl sites for hydroxylation is 2. The quantitative estimate of drug-likeness (QED) is 0.622. The third kappa shape index (κ3) is 6.08. The Balaban J connectivity index is 2.58. The van der Waals surface area contributed by atoms with Gasteiger partial charge in [0, 0.05) is 17.8 Å². The highest BCUT2D eigenvalue weighted by Crippen LogP contribution is 2.28. The lowest BCUT2D eigenvalue weighted by molar-refractivity contribution is 0.0126. The fourth-order valence-electron chi connectivity index (χ4n) is 2.26. The van der Waals surface area contributed by atoms with Crippen LogP contribution in [0.2, 0.25) is 0 Å². The van der Waals surface area contributed by atoms with Gasteiger partial charge in [0.1, 0.15) is 11.7 Å². The Morgan fingerprint density at radius 3 is 2.48 bits per heavy atom. The number of benzene rings is 1. The minimum atomic E-state index is -1.10. The summed E-state index contributed by atoms with van der Waals surface area (Å²) in [4.78, 5) is 11.5. The lowest BCUT2D eigenvalue weighted by atomic mass is 9.96. The fraction of sp³-hybridized carbons (Fsp3) is 0.588. The molecule has 0 spiro atoms. The van der Waals surface area contributed by atoms with Crippen molar-refractivity contribution >= 4 is 11.8 Å². The summed E-state index contributed by atoms with van der Waals surface area (Å²) in [6.45, 7) is 9.27. The molecule has 0 bridgehead atoms. The zero-order valence-corrected chi connectivity index (χ0v) is 14.5. The molecule has 0 aliphatic rings. The average molecular weight is 324 g/mol. The number of carbonyl (C=O) groups is 1. The number of anilines is 1. The zero-order chi connectivity index (χ0) is 17.8. The molecular formula is C17H28N2O4. The Morgan fingerprint density at radius 2 is 1.91 bits per heavy atom. The normalized spacial score (nSPS) is 14.2. The molecule has 0 radical (unpaired) electrons. The predicted octanol–water partition coefficient (Wildman–Crippen LogP) is 2.19. The van der Waals surface area contributed by atoms with Gasteiger partial charge in [-0.1, -0.05) is 17.7 Å².